The second-order valence-corrected chi connectivity index (χ2v) is 7.57. The minimum absolute atomic E-state index is 0.235. The highest BCUT2D eigenvalue weighted by molar-refractivity contribution is 7.14. The number of aryl methyl sites for hydroxylation is 4. The molecule has 3 rings (SSSR count). The zero-order valence-electron chi connectivity index (χ0n) is 15.9. The van der Waals surface area contributed by atoms with Crippen molar-refractivity contribution in [1.29, 1.82) is 0 Å². The van der Waals surface area contributed by atoms with Gasteiger partial charge in [0.2, 0.25) is 0 Å². The van der Waals surface area contributed by atoms with Crippen LogP contribution >= 0.6 is 11.5 Å². The Morgan fingerprint density at radius 3 is 2.24 bits per heavy atom. The number of hydrogen-bond acceptors (Lipinski definition) is 4. The molecule has 1 aromatic carbocycles. The van der Waals surface area contributed by atoms with Crippen molar-refractivity contribution < 1.29 is 4.74 Å². The fourth-order valence-corrected chi connectivity index (χ4v) is 4.24. The summed E-state index contributed by atoms with van der Waals surface area (Å²) in [5.74, 6) is 0.919. The molecule has 0 saturated carbocycles. The van der Waals surface area contributed by atoms with E-state index in [9.17, 15) is 0 Å². The van der Waals surface area contributed by atoms with Crippen LogP contribution in [0.2, 0.25) is 0 Å². The lowest BCUT2D eigenvalue weighted by Gasteiger charge is -2.16. The molecule has 0 radical (unpaired) electrons. The van der Waals surface area contributed by atoms with Crippen molar-refractivity contribution in [2.45, 2.75) is 60.5 Å². The van der Waals surface area contributed by atoms with Gasteiger partial charge in [0.15, 0.2) is 0 Å². The van der Waals surface area contributed by atoms with E-state index in [1.54, 1.807) is 0 Å². The SMILES string of the molecule is CCC(CC)Oc1cc(C)nc2c(-c3c(C)cc(C)cc3C)nsc12. The molecule has 0 bridgehead atoms. The summed E-state index contributed by atoms with van der Waals surface area (Å²) in [5, 5.41) is 0. The first kappa shape index (κ1) is 17.9. The van der Waals surface area contributed by atoms with Gasteiger partial charge in [-0.25, -0.2) is 4.98 Å². The first-order valence-electron chi connectivity index (χ1n) is 8.96. The molecule has 0 aliphatic rings. The average Bonchev–Trinajstić information content (AvgIpc) is 2.95. The zero-order valence-corrected chi connectivity index (χ0v) is 16.8. The summed E-state index contributed by atoms with van der Waals surface area (Å²) in [7, 11) is 0. The number of ether oxygens (including phenoxy) is 1. The molecule has 0 saturated heterocycles. The summed E-state index contributed by atoms with van der Waals surface area (Å²) in [6, 6.07) is 6.47. The molecule has 0 unspecified atom stereocenters. The van der Waals surface area contributed by atoms with Gasteiger partial charge >= 0.3 is 0 Å². The van der Waals surface area contributed by atoms with Gasteiger partial charge in [-0.05, 0) is 63.2 Å². The summed E-state index contributed by atoms with van der Waals surface area (Å²) >= 11 is 1.49. The maximum Gasteiger partial charge on any atom is 0.142 e. The Labute approximate surface area is 154 Å². The Hall–Kier alpha value is -1.94. The maximum atomic E-state index is 6.27. The van der Waals surface area contributed by atoms with Crippen LogP contribution in [0.1, 0.15) is 49.1 Å². The monoisotopic (exact) mass is 354 g/mol. The molecule has 132 valence electrons. The van der Waals surface area contributed by atoms with E-state index in [0.717, 1.165) is 40.2 Å². The Bertz CT molecular complexity index is 887. The van der Waals surface area contributed by atoms with E-state index in [1.807, 2.05) is 13.0 Å². The van der Waals surface area contributed by atoms with E-state index in [4.69, 9.17) is 14.1 Å². The summed E-state index contributed by atoms with van der Waals surface area (Å²) < 4.78 is 12.1. The van der Waals surface area contributed by atoms with Crippen LogP contribution in [0.3, 0.4) is 0 Å². The minimum Gasteiger partial charge on any atom is -0.489 e. The molecule has 0 fully saturated rings. The highest BCUT2D eigenvalue weighted by atomic mass is 32.1. The van der Waals surface area contributed by atoms with Gasteiger partial charge in [-0.1, -0.05) is 31.5 Å². The van der Waals surface area contributed by atoms with Crippen LogP contribution in [0.25, 0.3) is 21.5 Å². The third-order valence-corrected chi connectivity index (χ3v) is 5.49. The van der Waals surface area contributed by atoms with Gasteiger partial charge < -0.3 is 4.74 Å². The molecule has 3 aromatic rings. The number of hydrogen-bond donors (Lipinski definition) is 0. The van der Waals surface area contributed by atoms with E-state index in [0.29, 0.717) is 0 Å². The predicted octanol–water partition coefficient (Wildman–Crippen LogP) is 6.16. The van der Waals surface area contributed by atoms with Crippen LogP contribution in [0.4, 0.5) is 0 Å². The van der Waals surface area contributed by atoms with Crippen LogP contribution in [0.15, 0.2) is 18.2 Å². The highest BCUT2D eigenvalue weighted by Gasteiger charge is 2.19. The molecule has 4 heteroatoms. The minimum atomic E-state index is 0.235. The quantitative estimate of drug-likeness (QED) is 0.550. The molecular formula is C21H26N2OS. The highest BCUT2D eigenvalue weighted by Crippen LogP contribution is 2.39. The second-order valence-electron chi connectivity index (χ2n) is 6.80. The van der Waals surface area contributed by atoms with E-state index >= 15 is 0 Å². The lowest BCUT2D eigenvalue weighted by molar-refractivity contribution is 0.195. The summed E-state index contributed by atoms with van der Waals surface area (Å²) in [4.78, 5) is 4.80. The van der Waals surface area contributed by atoms with Crippen molar-refractivity contribution in [2.75, 3.05) is 0 Å². The second kappa shape index (κ2) is 7.12. The summed E-state index contributed by atoms with van der Waals surface area (Å²) in [6.07, 6.45) is 2.24. The molecule has 2 aromatic heterocycles. The van der Waals surface area contributed by atoms with Crippen molar-refractivity contribution in [2.24, 2.45) is 0 Å². The van der Waals surface area contributed by atoms with Gasteiger partial charge in [-0.2, -0.15) is 4.37 Å². The van der Waals surface area contributed by atoms with E-state index in [-0.39, 0.29) is 6.10 Å². The van der Waals surface area contributed by atoms with Gasteiger partial charge in [0.25, 0.3) is 0 Å². The number of fused-ring (bicyclic) bond motifs is 1. The molecular weight excluding hydrogens is 328 g/mol. The number of aromatic nitrogens is 2. The lowest BCUT2D eigenvalue weighted by atomic mass is 9.97. The Morgan fingerprint density at radius 2 is 1.64 bits per heavy atom. The van der Waals surface area contributed by atoms with E-state index < -0.39 is 0 Å². The fourth-order valence-electron chi connectivity index (χ4n) is 3.45. The molecule has 0 N–H and O–H groups in total. The first-order valence-corrected chi connectivity index (χ1v) is 9.73. The molecule has 3 nitrogen and oxygen atoms in total. The largest absolute Gasteiger partial charge is 0.489 e. The van der Waals surface area contributed by atoms with Crippen LogP contribution < -0.4 is 4.74 Å². The molecule has 2 heterocycles. The molecule has 0 amide bonds. The molecule has 0 spiro atoms. The van der Waals surface area contributed by atoms with Crippen LogP contribution in [-0.4, -0.2) is 15.5 Å². The van der Waals surface area contributed by atoms with Crippen molar-refractivity contribution in [3.05, 3.63) is 40.6 Å². The standard InChI is InChI=1S/C21H26N2OS/c1-7-16(8-2)24-17-11-15(6)22-20-19(23-25-21(17)20)18-13(4)9-12(3)10-14(18)5/h9-11,16H,7-8H2,1-6H3. The number of nitrogens with zero attached hydrogens (tertiary/aromatic N) is 2. The van der Waals surface area contributed by atoms with Gasteiger partial charge in [-0.15, -0.1) is 0 Å². The maximum absolute atomic E-state index is 6.27. The van der Waals surface area contributed by atoms with Crippen molar-refractivity contribution in [3.63, 3.8) is 0 Å². The molecule has 0 aliphatic carbocycles. The summed E-state index contributed by atoms with van der Waals surface area (Å²) in [6.45, 7) is 12.8. The van der Waals surface area contributed by atoms with Crippen molar-refractivity contribution >= 4 is 21.7 Å². The number of rotatable bonds is 5. The zero-order chi connectivity index (χ0) is 18.1. The van der Waals surface area contributed by atoms with Crippen molar-refractivity contribution in [3.8, 4) is 17.0 Å². The molecule has 0 aliphatic heterocycles. The van der Waals surface area contributed by atoms with Crippen LogP contribution in [-0.2, 0) is 0 Å². The third-order valence-electron chi connectivity index (χ3n) is 4.64. The lowest BCUT2D eigenvalue weighted by Crippen LogP contribution is -2.13. The first-order chi connectivity index (χ1) is 11.9. The fraction of sp³-hybridized carbons (Fsp3) is 0.429. The van der Waals surface area contributed by atoms with Crippen LogP contribution in [0, 0.1) is 27.7 Å². The molecule has 0 atom stereocenters. The van der Waals surface area contributed by atoms with Gasteiger partial charge in [0.1, 0.15) is 21.7 Å². The van der Waals surface area contributed by atoms with Crippen molar-refractivity contribution in [1.82, 2.24) is 9.36 Å². The Balaban J connectivity index is 2.19. The number of benzene rings is 1. The van der Waals surface area contributed by atoms with E-state index in [2.05, 4.69) is 46.8 Å². The molecule has 25 heavy (non-hydrogen) atoms. The van der Waals surface area contributed by atoms with Crippen LogP contribution in [0.5, 0.6) is 5.75 Å². The smallest absolute Gasteiger partial charge is 0.142 e. The Kier molecular flexibility index (Phi) is 5.09. The van der Waals surface area contributed by atoms with Gasteiger partial charge in [0, 0.05) is 17.3 Å². The average molecular weight is 355 g/mol. The summed E-state index contributed by atoms with van der Waals surface area (Å²) in [5.41, 5.74) is 7.88. The van der Waals surface area contributed by atoms with Gasteiger partial charge in [0.05, 0.1) is 6.10 Å². The number of pyridine rings is 1. The van der Waals surface area contributed by atoms with Gasteiger partial charge in [-0.3, -0.25) is 0 Å². The predicted molar refractivity (Wildman–Crippen MR) is 107 cm³/mol. The third kappa shape index (κ3) is 3.40. The van der Waals surface area contributed by atoms with E-state index in [1.165, 1.54) is 33.8 Å². The normalized spacial score (nSPS) is 11.5. The Morgan fingerprint density at radius 1 is 1.00 bits per heavy atom. The topological polar surface area (TPSA) is 35.0 Å².